The van der Waals surface area contributed by atoms with E-state index in [1.807, 2.05) is 20.8 Å². The van der Waals surface area contributed by atoms with Crippen LogP contribution in [0.15, 0.2) is 23.8 Å². The Bertz CT molecular complexity index is 336. The average molecular weight is 323 g/mol. The van der Waals surface area contributed by atoms with Crippen molar-refractivity contribution in [2.75, 3.05) is 0 Å². The lowest BCUT2D eigenvalue weighted by molar-refractivity contribution is 0.199. The molecule has 0 aliphatic heterocycles. The summed E-state index contributed by atoms with van der Waals surface area (Å²) in [6, 6.07) is 0. The fourth-order valence-corrected chi connectivity index (χ4v) is 2.80. The number of hydrogen-bond donors (Lipinski definition) is 0. The molecule has 2 unspecified atom stereocenters. The van der Waals surface area contributed by atoms with E-state index >= 15 is 0 Å². The van der Waals surface area contributed by atoms with E-state index in [-0.39, 0.29) is 0 Å². The van der Waals surface area contributed by atoms with Crippen LogP contribution in [0.25, 0.3) is 0 Å². The van der Waals surface area contributed by atoms with E-state index in [0.29, 0.717) is 10.8 Å². The molecule has 0 radical (unpaired) electrons. The van der Waals surface area contributed by atoms with Gasteiger partial charge in [0.2, 0.25) is 0 Å². The third-order valence-corrected chi connectivity index (χ3v) is 5.64. The van der Waals surface area contributed by atoms with E-state index in [1.54, 1.807) is 5.57 Å². The SMILES string of the molecule is C/C=C\CC.CC.CC1=CCC(CCC(C)C(C)(C)C)C1(C)C. The molecule has 1 aliphatic rings. The number of hydrogen-bond acceptors (Lipinski definition) is 0. The molecule has 0 fully saturated rings. The molecule has 0 N–H and O–H groups in total. The second-order valence-electron chi connectivity index (χ2n) is 8.36. The molecule has 1 rings (SSSR count). The van der Waals surface area contributed by atoms with Crippen molar-refractivity contribution in [3.8, 4) is 0 Å². The lowest BCUT2D eigenvalue weighted by atomic mass is 9.72. The van der Waals surface area contributed by atoms with Crippen molar-refractivity contribution in [3.05, 3.63) is 23.8 Å². The van der Waals surface area contributed by atoms with Crippen molar-refractivity contribution >= 4 is 0 Å². The standard InChI is InChI=1S/C16H30.C5H10.C2H6/c1-12(15(3,4)5)8-10-14-11-9-13(2)16(14,6)7;1-3-5-4-2;1-2/h9,12,14H,8,10-11H2,1-7H3;3,5H,4H2,1-2H3;1-2H3/b;5-3-;. The minimum Gasteiger partial charge on any atom is -0.0917 e. The lowest BCUT2D eigenvalue weighted by Gasteiger charge is -2.33. The predicted octanol–water partition coefficient (Wildman–Crippen LogP) is 8.44. The van der Waals surface area contributed by atoms with Crippen LogP contribution >= 0.6 is 0 Å². The maximum absolute atomic E-state index is 2.45. The zero-order chi connectivity index (χ0) is 18.7. The largest absolute Gasteiger partial charge is 0.0917 e. The first kappa shape index (κ1) is 24.7. The second-order valence-corrected chi connectivity index (χ2v) is 8.36. The number of rotatable bonds is 4. The average Bonchev–Trinajstić information content (AvgIpc) is 2.73. The van der Waals surface area contributed by atoms with Gasteiger partial charge < -0.3 is 0 Å². The summed E-state index contributed by atoms with van der Waals surface area (Å²) in [6.45, 7) is 24.8. The van der Waals surface area contributed by atoms with Crippen LogP contribution in [0.5, 0.6) is 0 Å². The fraction of sp³-hybridized carbons (Fsp3) is 0.826. The van der Waals surface area contributed by atoms with Gasteiger partial charge in [0.05, 0.1) is 0 Å². The highest BCUT2D eigenvalue weighted by Gasteiger charge is 2.35. The van der Waals surface area contributed by atoms with Crippen LogP contribution < -0.4 is 0 Å². The van der Waals surface area contributed by atoms with Gasteiger partial charge in [0, 0.05) is 0 Å². The highest BCUT2D eigenvalue weighted by atomic mass is 14.4. The van der Waals surface area contributed by atoms with E-state index in [9.17, 15) is 0 Å². The minimum atomic E-state index is 0.442. The molecule has 23 heavy (non-hydrogen) atoms. The van der Waals surface area contributed by atoms with Crippen LogP contribution in [0.4, 0.5) is 0 Å². The molecule has 0 bridgehead atoms. The van der Waals surface area contributed by atoms with E-state index < -0.39 is 0 Å². The highest BCUT2D eigenvalue weighted by Crippen LogP contribution is 2.46. The molecule has 2 atom stereocenters. The zero-order valence-corrected chi connectivity index (χ0v) is 18.2. The van der Waals surface area contributed by atoms with E-state index in [4.69, 9.17) is 0 Å². The van der Waals surface area contributed by atoms with Gasteiger partial charge in [-0.3, -0.25) is 0 Å². The van der Waals surface area contributed by atoms with Crippen molar-refractivity contribution < 1.29 is 0 Å². The van der Waals surface area contributed by atoms with Crippen LogP contribution in [0.2, 0.25) is 0 Å². The van der Waals surface area contributed by atoms with Crippen molar-refractivity contribution in [1.29, 1.82) is 0 Å². The summed E-state index contributed by atoms with van der Waals surface area (Å²) >= 11 is 0. The summed E-state index contributed by atoms with van der Waals surface area (Å²) in [5, 5.41) is 0. The molecule has 0 saturated heterocycles. The van der Waals surface area contributed by atoms with Gasteiger partial charge >= 0.3 is 0 Å². The molecule has 0 aromatic rings. The minimum absolute atomic E-state index is 0.442. The monoisotopic (exact) mass is 322 g/mol. The topological polar surface area (TPSA) is 0 Å². The Hall–Kier alpha value is -0.520. The molecule has 0 heterocycles. The molecular weight excluding hydrogens is 276 g/mol. The van der Waals surface area contributed by atoms with Crippen LogP contribution in [0.3, 0.4) is 0 Å². The van der Waals surface area contributed by atoms with Gasteiger partial charge in [-0.2, -0.15) is 0 Å². The molecular formula is C23H46. The van der Waals surface area contributed by atoms with Crippen LogP contribution in [-0.2, 0) is 0 Å². The Morgan fingerprint density at radius 1 is 1.26 bits per heavy atom. The maximum Gasteiger partial charge on any atom is -0.0116 e. The third kappa shape index (κ3) is 9.38. The Labute approximate surface area is 148 Å². The smallest absolute Gasteiger partial charge is 0.0116 e. The van der Waals surface area contributed by atoms with Crippen molar-refractivity contribution in [2.45, 2.75) is 102 Å². The summed E-state index contributed by atoms with van der Waals surface area (Å²) in [5.74, 6) is 1.70. The van der Waals surface area contributed by atoms with Gasteiger partial charge in [0.1, 0.15) is 0 Å². The molecule has 1 aliphatic carbocycles. The van der Waals surface area contributed by atoms with Gasteiger partial charge in [-0.25, -0.2) is 0 Å². The first-order valence-electron chi connectivity index (χ1n) is 9.85. The van der Waals surface area contributed by atoms with Gasteiger partial charge in [-0.1, -0.05) is 86.1 Å². The predicted molar refractivity (Wildman–Crippen MR) is 110 cm³/mol. The Morgan fingerprint density at radius 2 is 1.78 bits per heavy atom. The summed E-state index contributed by atoms with van der Waals surface area (Å²) in [5.41, 5.74) is 2.50. The van der Waals surface area contributed by atoms with Crippen LogP contribution in [0.1, 0.15) is 102 Å². The van der Waals surface area contributed by atoms with Gasteiger partial charge in [0.15, 0.2) is 0 Å². The molecule has 0 saturated carbocycles. The van der Waals surface area contributed by atoms with Gasteiger partial charge in [0.25, 0.3) is 0 Å². The zero-order valence-electron chi connectivity index (χ0n) is 18.2. The van der Waals surface area contributed by atoms with E-state index in [2.05, 4.69) is 73.6 Å². The maximum atomic E-state index is 2.45. The Morgan fingerprint density at radius 3 is 2.04 bits per heavy atom. The quantitative estimate of drug-likeness (QED) is 0.455. The van der Waals surface area contributed by atoms with Crippen molar-refractivity contribution in [1.82, 2.24) is 0 Å². The second kappa shape index (κ2) is 11.9. The molecule has 0 nitrogen and oxygen atoms in total. The van der Waals surface area contributed by atoms with Crippen molar-refractivity contribution in [3.63, 3.8) is 0 Å². The molecule has 0 heteroatoms. The van der Waals surface area contributed by atoms with Gasteiger partial charge in [-0.15, -0.1) is 0 Å². The lowest BCUT2D eigenvalue weighted by Crippen LogP contribution is -2.23. The highest BCUT2D eigenvalue weighted by molar-refractivity contribution is 5.18. The fourth-order valence-electron chi connectivity index (χ4n) is 2.80. The van der Waals surface area contributed by atoms with E-state index in [0.717, 1.165) is 18.3 Å². The third-order valence-electron chi connectivity index (χ3n) is 5.64. The first-order valence-corrected chi connectivity index (χ1v) is 9.85. The summed E-state index contributed by atoms with van der Waals surface area (Å²) in [6.07, 6.45) is 11.9. The normalized spacial score (nSPS) is 21.0. The van der Waals surface area contributed by atoms with Crippen LogP contribution in [-0.4, -0.2) is 0 Å². The summed E-state index contributed by atoms with van der Waals surface area (Å²) < 4.78 is 0. The first-order chi connectivity index (χ1) is 10.6. The molecule has 0 aromatic heterocycles. The summed E-state index contributed by atoms with van der Waals surface area (Å²) in [4.78, 5) is 0. The molecule has 0 aromatic carbocycles. The molecule has 0 amide bonds. The number of allylic oxidation sites excluding steroid dienone is 4. The van der Waals surface area contributed by atoms with E-state index in [1.165, 1.54) is 19.3 Å². The van der Waals surface area contributed by atoms with Gasteiger partial charge in [-0.05, 0) is 62.2 Å². The summed E-state index contributed by atoms with van der Waals surface area (Å²) in [7, 11) is 0. The Balaban J connectivity index is 0. The molecule has 0 spiro atoms. The molecule has 138 valence electrons. The van der Waals surface area contributed by atoms with Crippen molar-refractivity contribution in [2.24, 2.45) is 22.7 Å². The van der Waals surface area contributed by atoms with Crippen LogP contribution in [0, 0.1) is 22.7 Å². The Kier molecular flexibility index (Phi) is 12.8.